The molecule has 1 nitrogen and oxygen atoms in total. The lowest BCUT2D eigenvalue weighted by Gasteiger charge is -2.35. The molecule has 0 aliphatic heterocycles. The molecule has 0 spiro atoms. The van der Waals surface area contributed by atoms with Gasteiger partial charge in [0.15, 0.2) is 0 Å². The van der Waals surface area contributed by atoms with Gasteiger partial charge in [0.2, 0.25) is 0 Å². The monoisotopic (exact) mass is 468 g/mol. The van der Waals surface area contributed by atoms with Gasteiger partial charge in [-0.25, -0.2) is 0 Å². The molecular weight excluding hydrogens is 402 g/mol. The molecule has 0 atom stereocenters. The van der Waals surface area contributed by atoms with E-state index in [1.807, 2.05) is 0 Å². The fourth-order valence-electron chi connectivity index (χ4n) is 5.19. The molecule has 0 aromatic rings. The predicted octanol–water partition coefficient (Wildman–Crippen LogP) is 9.23. The van der Waals surface area contributed by atoms with Gasteiger partial charge in [-0.1, -0.05) is 135 Å². The third kappa shape index (κ3) is 23.3. The summed E-state index contributed by atoms with van der Waals surface area (Å²) in [6.07, 6.45) is 33.7. The Morgan fingerprint density at radius 1 is 0.375 bits per heavy atom. The van der Waals surface area contributed by atoms with Crippen LogP contribution in [0.2, 0.25) is 6.04 Å². The van der Waals surface area contributed by atoms with Crippen molar-refractivity contribution in [2.24, 2.45) is 0 Å². The molecule has 0 aromatic carbocycles. The highest BCUT2D eigenvalue weighted by molar-refractivity contribution is 6.08. The van der Waals surface area contributed by atoms with Crippen LogP contribution in [0.1, 0.15) is 162 Å². The molecule has 0 bridgehead atoms. The summed E-state index contributed by atoms with van der Waals surface area (Å²) in [5.41, 5.74) is 0. The van der Waals surface area contributed by atoms with Gasteiger partial charge < -0.3 is 4.48 Å². The minimum Gasteiger partial charge on any atom is -0.326 e. The van der Waals surface area contributed by atoms with Crippen LogP contribution in [0.25, 0.3) is 0 Å². The van der Waals surface area contributed by atoms with Gasteiger partial charge in [-0.3, -0.25) is 0 Å². The van der Waals surface area contributed by atoms with E-state index >= 15 is 0 Å². The van der Waals surface area contributed by atoms with E-state index in [1.165, 1.54) is 188 Å². The summed E-state index contributed by atoms with van der Waals surface area (Å²) in [6.45, 7) is 8.95. The van der Waals surface area contributed by atoms with Gasteiger partial charge in [-0.15, -0.1) is 0 Å². The van der Waals surface area contributed by atoms with E-state index in [4.69, 9.17) is 0 Å². The van der Waals surface area contributed by atoms with E-state index in [0.717, 1.165) is 0 Å². The Bertz CT molecular complexity index is 318. The quantitative estimate of drug-likeness (QED) is 0.0640. The van der Waals surface area contributed by atoms with Gasteiger partial charge >= 0.3 is 0 Å². The van der Waals surface area contributed by atoms with E-state index in [9.17, 15) is 0 Å². The Labute approximate surface area is 208 Å². The number of unbranched alkanes of at least 4 members (excludes halogenated alkanes) is 20. The summed E-state index contributed by atoms with van der Waals surface area (Å²) in [7, 11) is 3.96. The lowest BCUT2D eigenvalue weighted by Crippen LogP contribution is -2.46. The molecule has 2 heteroatoms. The first kappa shape index (κ1) is 32.2. The maximum atomic E-state index is 2.57. The summed E-state index contributed by atoms with van der Waals surface area (Å²) >= 11 is 0. The fraction of sp³-hybridized carbons (Fsp3) is 1.00. The second kappa shape index (κ2) is 25.8. The number of rotatable bonds is 27. The zero-order valence-electron chi connectivity index (χ0n) is 23.5. The van der Waals surface area contributed by atoms with E-state index < -0.39 is 0 Å². The van der Waals surface area contributed by atoms with Gasteiger partial charge in [0.25, 0.3) is 0 Å². The second-order valence-corrected chi connectivity index (χ2v) is 12.2. The van der Waals surface area contributed by atoms with Crippen molar-refractivity contribution in [1.29, 1.82) is 0 Å². The van der Waals surface area contributed by atoms with Crippen molar-refractivity contribution in [3.8, 4) is 0 Å². The van der Waals surface area contributed by atoms with Gasteiger partial charge in [0, 0.05) is 10.2 Å². The molecule has 0 radical (unpaired) electrons. The van der Waals surface area contributed by atoms with Gasteiger partial charge in [-0.05, 0) is 32.1 Å². The first-order valence-corrected chi connectivity index (χ1v) is 16.9. The summed E-state index contributed by atoms with van der Waals surface area (Å²) in [5.74, 6) is 0. The van der Waals surface area contributed by atoms with Crippen LogP contribution >= 0.6 is 0 Å². The molecule has 0 unspecified atom stereocenters. The van der Waals surface area contributed by atoms with Crippen molar-refractivity contribution in [1.82, 2.24) is 0 Å². The topological polar surface area (TPSA) is 0 Å². The van der Waals surface area contributed by atoms with Crippen LogP contribution < -0.4 is 0 Å². The predicted molar refractivity (Wildman–Crippen MR) is 153 cm³/mol. The van der Waals surface area contributed by atoms with Crippen LogP contribution in [0.3, 0.4) is 0 Å². The molecule has 0 saturated heterocycles. The SMILES string of the molecule is CCCCCCCCCCCCC[N+](C)(CCC[SiH3])CCCCCCCCCCCCC. The molecule has 0 aromatic heterocycles. The molecule has 32 heavy (non-hydrogen) atoms. The Morgan fingerprint density at radius 3 is 0.906 bits per heavy atom. The van der Waals surface area contributed by atoms with E-state index in [0.29, 0.717) is 0 Å². The average molecular weight is 469 g/mol. The van der Waals surface area contributed by atoms with Crippen molar-refractivity contribution < 1.29 is 4.48 Å². The smallest absolute Gasteiger partial charge is 0.0784 e. The highest BCUT2D eigenvalue weighted by atomic mass is 28.1. The summed E-state index contributed by atoms with van der Waals surface area (Å²) < 4.78 is 1.37. The van der Waals surface area contributed by atoms with E-state index in [1.54, 1.807) is 0 Å². The Morgan fingerprint density at radius 2 is 0.625 bits per heavy atom. The van der Waals surface area contributed by atoms with E-state index in [-0.39, 0.29) is 0 Å². The van der Waals surface area contributed by atoms with Crippen LogP contribution in [0.15, 0.2) is 0 Å². The molecule has 194 valence electrons. The van der Waals surface area contributed by atoms with Crippen LogP contribution in [0.4, 0.5) is 0 Å². The van der Waals surface area contributed by atoms with E-state index in [2.05, 4.69) is 20.9 Å². The van der Waals surface area contributed by atoms with Crippen LogP contribution in [0, 0.1) is 0 Å². The zero-order chi connectivity index (χ0) is 23.6. The fourth-order valence-corrected chi connectivity index (χ4v) is 5.51. The summed E-state index contributed by atoms with van der Waals surface area (Å²) in [5, 5.41) is 0. The first-order chi connectivity index (χ1) is 15.7. The normalized spacial score (nSPS) is 12.1. The number of hydrogen-bond donors (Lipinski definition) is 0. The number of hydrogen-bond acceptors (Lipinski definition) is 0. The minimum atomic E-state index is 1.37. The third-order valence-corrected chi connectivity index (χ3v) is 8.36. The van der Waals surface area contributed by atoms with Crippen molar-refractivity contribution in [3.63, 3.8) is 0 Å². The highest BCUT2D eigenvalue weighted by Gasteiger charge is 2.19. The van der Waals surface area contributed by atoms with Crippen molar-refractivity contribution in [2.45, 2.75) is 168 Å². The van der Waals surface area contributed by atoms with Crippen LogP contribution in [0.5, 0.6) is 0 Å². The second-order valence-electron chi connectivity index (χ2n) is 11.2. The molecule has 0 aliphatic rings. The molecule has 0 aliphatic carbocycles. The van der Waals surface area contributed by atoms with Crippen LogP contribution in [-0.4, -0.2) is 41.4 Å². The Kier molecular flexibility index (Phi) is 25.9. The maximum absolute atomic E-state index is 2.57. The van der Waals surface area contributed by atoms with Gasteiger partial charge in [-0.2, -0.15) is 0 Å². The third-order valence-electron chi connectivity index (χ3n) is 7.65. The molecular formula is C30H66NSi+. The van der Waals surface area contributed by atoms with Crippen molar-refractivity contribution in [2.75, 3.05) is 26.7 Å². The van der Waals surface area contributed by atoms with Gasteiger partial charge in [0.05, 0.1) is 26.7 Å². The lowest BCUT2D eigenvalue weighted by atomic mass is 10.0. The molecule has 0 saturated carbocycles. The molecule has 0 amide bonds. The molecule has 0 heterocycles. The van der Waals surface area contributed by atoms with Crippen molar-refractivity contribution in [3.05, 3.63) is 0 Å². The van der Waals surface area contributed by atoms with Gasteiger partial charge in [0.1, 0.15) is 0 Å². The largest absolute Gasteiger partial charge is 0.326 e. The number of quaternary nitrogens is 1. The Hall–Kier alpha value is 0.177. The molecule has 0 rings (SSSR count). The summed E-state index contributed by atoms with van der Waals surface area (Å²) in [4.78, 5) is 0. The zero-order valence-corrected chi connectivity index (χ0v) is 25.5. The average Bonchev–Trinajstić information content (AvgIpc) is 2.80. The lowest BCUT2D eigenvalue weighted by molar-refractivity contribution is -0.910. The summed E-state index contributed by atoms with van der Waals surface area (Å²) in [6, 6.07) is 1.49. The number of nitrogens with zero attached hydrogens (tertiary/aromatic N) is 1. The molecule has 0 fully saturated rings. The highest BCUT2D eigenvalue weighted by Crippen LogP contribution is 2.16. The maximum Gasteiger partial charge on any atom is 0.0784 e. The standard InChI is InChI=1S/C30H66NSi/c1-4-6-8-10-12-14-16-18-20-22-24-27-31(3,29-26-30-32)28-25-23-21-19-17-15-13-11-9-7-5-2/h4-30H2,1-3,32H3/q+1. The Balaban J connectivity index is 3.69. The minimum absolute atomic E-state index is 1.37. The van der Waals surface area contributed by atoms with Crippen molar-refractivity contribution >= 4 is 10.2 Å². The molecule has 0 N–H and O–H groups in total. The first-order valence-electron chi connectivity index (χ1n) is 15.5. The van der Waals surface area contributed by atoms with Crippen LogP contribution in [-0.2, 0) is 0 Å².